The number of nitrogens with zero attached hydrogens (tertiary/aromatic N) is 2. The van der Waals surface area contributed by atoms with Crippen molar-refractivity contribution >= 4 is 11.8 Å². The van der Waals surface area contributed by atoms with E-state index in [1.807, 2.05) is 13.0 Å². The van der Waals surface area contributed by atoms with Crippen LogP contribution in [0, 0.1) is 0 Å². The Labute approximate surface area is 123 Å². The zero-order valence-electron chi connectivity index (χ0n) is 12.6. The molecule has 116 valence electrons. The first-order valence-electron chi connectivity index (χ1n) is 7.07. The highest BCUT2D eigenvalue weighted by Crippen LogP contribution is 2.18. The van der Waals surface area contributed by atoms with Crippen molar-refractivity contribution in [1.82, 2.24) is 15.4 Å². The Bertz CT molecular complexity index is 528. The first-order valence-corrected chi connectivity index (χ1v) is 7.07. The van der Waals surface area contributed by atoms with Crippen molar-refractivity contribution < 1.29 is 18.8 Å². The summed E-state index contributed by atoms with van der Waals surface area (Å²) in [4.78, 5) is 25.4. The SMILES string of the molecule is CCc1cc(CNC(=O)C2(C)CN(C(C)=O)CCO2)on1. The van der Waals surface area contributed by atoms with Gasteiger partial charge in [0.1, 0.15) is 0 Å². The Kier molecular flexibility index (Phi) is 4.62. The van der Waals surface area contributed by atoms with Gasteiger partial charge >= 0.3 is 0 Å². The van der Waals surface area contributed by atoms with Crippen LogP contribution in [-0.4, -0.2) is 47.2 Å². The average molecular weight is 295 g/mol. The number of rotatable bonds is 4. The van der Waals surface area contributed by atoms with Crippen molar-refractivity contribution in [3.63, 3.8) is 0 Å². The number of carbonyl (C=O) groups is 2. The summed E-state index contributed by atoms with van der Waals surface area (Å²) in [5.74, 6) is 0.283. The van der Waals surface area contributed by atoms with Gasteiger partial charge in [0, 0.05) is 19.5 Å². The molecule has 0 saturated carbocycles. The van der Waals surface area contributed by atoms with E-state index in [0.717, 1.165) is 12.1 Å². The zero-order chi connectivity index (χ0) is 15.5. The minimum atomic E-state index is -1.03. The highest BCUT2D eigenvalue weighted by Gasteiger charge is 2.40. The standard InChI is InChI=1S/C14H21N3O4/c1-4-11-7-12(21-16-11)8-15-13(19)14(3)9-17(10(2)18)5-6-20-14/h7H,4-6,8-9H2,1-3H3,(H,15,19). The highest BCUT2D eigenvalue weighted by atomic mass is 16.5. The molecule has 0 aromatic carbocycles. The maximum atomic E-state index is 12.3. The van der Waals surface area contributed by atoms with Crippen molar-refractivity contribution in [3.8, 4) is 0 Å². The topological polar surface area (TPSA) is 84.7 Å². The van der Waals surface area contributed by atoms with E-state index in [0.29, 0.717) is 18.9 Å². The Hall–Kier alpha value is -1.89. The van der Waals surface area contributed by atoms with Crippen LogP contribution in [0.25, 0.3) is 0 Å². The molecule has 7 nitrogen and oxygen atoms in total. The van der Waals surface area contributed by atoms with Crippen LogP contribution in [0.1, 0.15) is 32.2 Å². The van der Waals surface area contributed by atoms with Crippen LogP contribution < -0.4 is 5.32 Å². The fourth-order valence-corrected chi connectivity index (χ4v) is 2.24. The zero-order valence-corrected chi connectivity index (χ0v) is 12.6. The van der Waals surface area contributed by atoms with Gasteiger partial charge in [0.05, 0.1) is 25.4 Å². The summed E-state index contributed by atoms with van der Waals surface area (Å²) in [6.45, 7) is 6.54. The van der Waals surface area contributed by atoms with E-state index in [9.17, 15) is 9.59 Å². The normalized spacial score (nSPS) is 22.1. The van der Waals surface area contributed by atoms with E-state index < -0.39 is 5.60 Å². The minimum Gasteiger partial charge on any atom is -0.362 e. The smallest absolute Gasteiger partial charge is 0.254 e. The summed E-state index contributed by atoms with van der Waals surface area (Å²) in [5.41, 5.74) is -0.181. The van der Waals surface area contributed by atoms with Crippen LogP contribution in [0.2, 0.25) is 0 Å². The average Bonchev–Trinajstić information content (AvgIpc) is 2.92. The first kappa shape index (κ1) is 15.5. The third-order valence-electron chi connectivity index (χ3n) is 3.59. The third-order valence-corrected chi connectivity index (χ3v) is 3.59. The van der Waals surface area contributed by atoms with Crippen LogP contribution >= 0.6 is 0 Å². The summed E-state index contributed by atoms with van der Waals surface area (Å²) < 4.78 is 10.7. The van der Waals surface area contributed by atoms with Crippen molar-refractivity contribution in [2.45, 2.75) is 39.3 Å². The lowest BCUT2D eigenvalue weighted by molar-refractivity contribution is -0.162. The molecule has 1 N–H and O–H groups in total. The van der Waals surface area contributed by atoms with Crippen molar-refractivity contribution in [2.75, 3.05) is 19.7 Å². The largest absolute Gasteiger partial charge is 0.362 e. The lowest BCUT2D eigenvalue weighted by atomic mass is 10.0. The molecule has 1 aliphatic heterocycles. The van der Waals surface area contributed by atoms with Crippen LogP contribution in [0.3, 0.4) is 0 Å². The maximum Gasteiger partial charge on any atom is 0.254 e. The van der Waals surface area contributed by atoms with Crippen molar-refractivity contribution in [3.05, 3.63) is 17.5 Å². The van der Waals surface area contributed by atoms with E-state index in [2.05, 4.69) is 10.5 Å². The van der Waals surface area contributed by atoms with Crippen LogP contribution in [0.4, 0.5) is 0 Å². The number of nitrogens with one attached hydrogen (secondary N) is 1. The minimum absolute atomic E-state index is 0.0554. The first-order chi connectivity index (χ1) is 9.94. The molecular formula is C14H21N3O4. The van der Waals surface area contributed by atoms with Gasteiger partial charge in [-0.15, -0.1) is 0 Å². The molecule has 0 bridgehead atoms. The van der Waals surface area contributed by atoms with Gasteiger partial charge in [-0.1, -0.05) is 12.1 Å². The number of aryl methyl sites for hydroxylation is 1. The summed E-state index contributed by atoms with van der Waals surface area (Å²) >= 11 is 0. The Morgan fingerprint density at radius 3 is 2.90 bits per heavy atom. The van der Waals surface area contributed by atoms with Crippen molar-refractivity contribution in [1.29, 1.82) is 0 Å². The van der Waals surface area contributed by atoms with Gasteiger partial charge in [-0.2, -0.15) is 0 Å². The van der Waals surface area contributed by atoms with Crippen LogP contribution in [0.5, 0.6) is 0 Å². The maximum absolute atomic E-state index is 12.3. The quantitative estimate of drug-likeness (QED) is 0.874. The molecule has 2 amide bonds. The summed E-state index contributed by atoms with van der Waals surface area (Å²) in [6, 6.07) is 1.81. The summed E-state index contributed by atoms with van der Waals surface area (Å²) in [6.07, 6.45) is 0.784. The molecule has 1 aliphatic rings. The number of aromatic nitrogens is 1. The third kappa shape index (κ3) is 3.60. The molecular weight excluding hydrogens is 274 g/mol. The Morgan fingerprint density at radius 1 is 1.52 bits per heavy atom. The molecule has 1 fully saturated rings. The molecule has 0 radical (unpaired) electrons. The lowest BCUT2D eigenvalue weighted by Crippen LogP contribution is -2.58. The Balaban J connectivity index is 1.93. The molecule has 7 heteroatoms. The molecule has 21 heavy (non-hydrogen) atoms. The van der Waals surface area contributed by atoms with Gasteiger partial charge in [0.15, 0.2) is 11.4 Å². The molecule has 1 unspecified atom stereocenters. The van der Waals surface area contributed by atoms with Gasteiger partial charge in [-0.25, -0.2) is 0 Å². The Morgan fingerprint density at radius 2 is 2.29 bits per heavy atom. The molecule has 1 aromatic heterocycles. The van der Waals surface area contributed by atoms with Gasteiger partial charge in [-0.3, -0.25) is 9.59 Å². The number of ether oxygens (including phenoxy) is 1. The van der Waals surface area contributed by atoms with E-state index >= 15 is 0 Å². The lowest BCUT2D eigenvalue weighted by Gasteiger charge is -2.38. The molecule has 1 saturated heterocycles. The number of carbonyl (C=O) groups excluding carboxylic acids is 2. The summed E-state index contributed by atoms with van der Waals surface area (Å²) in [5, 5.41) is 6.64. The molecule has 1 atom stereocenters. The van der Waals surface area contributed by atoms with E-state index in [1.54, 1.807) is 11.8 Å². The number of amides is 2. The summed E-state index contributed by atoms with van der Waals surface area (Å²) in [7, 11) is 0. The molecule has 1 aromatic rings. The van der Waals surface area contributed by atoms with Gasteiger partial charge in [0.25, 0.3) is 5.91 Å². The van der Waals surface area contributed by atoms with Gasteiger partial charge < -0.3 is 19.5 Å². The monoisotopic (exact) mass is 295 g/mol. The molecule has 0 aliphatic carbocycles. The van der Waals surface area contributed by atoms with Crippen molar-refractivity contribution in [2.24, 2.45) is 0 Å². The molecule has 0 spiro atoms. The highest BCUT2D eigenvalue weighted by molar-refractivity contribution is 5.86. The second-order valence-electron chi connectivity index (χ2n) is 5.34. The van der Waals surface area contributed by atoms with E-state index in [4.69, 9.17) is 9.26 Å². The number of morpholine rings is 1. The van der Waals surface area contributed by atoms with E-state index in [-0.39, 0.29) is 24.9 Å². The predicted octanol–water partition coefficient (Wildman–Crippen LogP) is 0.491. The molecule has 2 rings (SSSR count). The number of hydrogen-bond donors (Lipinski definition) is 1. The second kappa shape index (κ2) is 6.26. The molecule has 2 heterocycles. The second-order valence-corrected chi connectivity index (χ2v) is 5.34. The van der Waals surface area contributed by atoms with Gasteiger partial charge in [0.2, 0.25) is 5.91 Å². The van der Waals surface area contributed by atoms with Gasteiger partial charge in [-0.05, 0) is 13.3 Å². The van der Waals surface area contributed by atoms with Crippen LogP contribution in [0.15, 0.2) is 10.6 Å². The van der Waals surface area contributed by atoms with E-state index in [1.165, 1.54) is 6.92 Å². The number of hydrogen-bond acceptors (Lipinski definition) is 5. The fourth-order valence-electron chi connectivity index (χ4n) is 2.24. The van der Waals surface area contributed by atoms with Crippen LogP contribution in [-0.2, 0) is 27.3 Å². The fraction of sp³-hybridized carbons (Fsp3) is 0.643. The predicted molar refractivity (Wildman–Crippen MR) is 74.3 cm³/mol.